The van der Waals surface area contributed by atoms with Gasteiger partial charge in [0, 0.05) is 18.8 Å². The molecule has 0 saturated heterocycles. The molecule has 0 heterocycles. The highest BCUT2D eigenvalue weighted by Gasteiger charge is 2.31. The van der Waals surface area contributed by atoms with E-state index in [9.17, 15) is 9.59 Å². The quantitative estimate of drug-likeness (QED) is 0.919. The van der Waals surface area contributed by atoms with Crippen LogP contribution < -0.4 is 10.1 Å². The van der Waals surface area contributed by atoms with Crippen molar-refractivity contribution in [3.8, 4) is 5.75 Å². The van der Waals surface area contributed by atoms with E-state index in [4.69, 9.17) is 4.74 Å². The Morgan fingerprint density at radius 1 is 1.40 bits per heavy atom. The molecule has 1 aromatic carbocycles. The molecule has 0 aromatic heterocycles. The summed E-state index contributed by atoms with van der Waals surface area (Å²) in [4.78, 5) is 23.8. The molecular formula is C16H21NO3. The van der Waals surface area contributed by atoms with Crippen LogP contribution in [0.5, 0.6) is 5.75 Å². The van der Waals surface area contributed by atoms with Gasteiger partial charge in [0.1, 0.15) is 11.5 Å². The van der Waals surface area contributed by atoms with E-state index in [1.807, 2.05) is 38.1 Å². The Morgan fingerprint density at radius 3 is 2.85 bits per heavy atom. The first kappa shape index (κ1) is 14.6. The molecule has 1 aromatic rings. The van der Waals surface area contributed by atoms with Crippen LogP contribution in [0.1, 0.15) is 33.1 Å². The molecule has 4 nitrogen and oxygen atoms in total. The zero-order valence-corrected chi connectivity index (χ0v) is 12.0. The zero-order chi connectivity index (χ0) is 14.5. The third-order valence-corrected chi connectivity index (χ3v) is 3.75. The fourth-order valence-electron chi connectivity index (χ4n) is 2.67. The molecule has 108 valence electrons. The Labute approximate surface area is 119 Å². The van der Waals surface area contributed by atoms with E-state index < -0.39 is 0 Å². The van der Waals surface area contributed by atoms with Crippen LogP contribution in [0, 0.1) is 11.8 Å². The van der Waals surface area contributed by atoms with E-state index in [0.717, 1.165) is 0 Å². The third kappa shape index (κ3) is 3.38. The number of anilines is 1. The number of ether oxygens (including phenoxy) is 1. The lowest BCUT2D eigenvalue weighted by atomic mass is 9.79. The fourth-order valence-corrected chi connectivity index (χ4v) is 2.67. The monoisotopic (exact) mass is 275 g/mol. The Balaban J connectivity index is 2.06. The van der Waals surface area contributed by atoms with Gasteiger partial charge in [0.2, 0.25) is 5.91 Å². The molecule has 0 spiro atoms. The fraction of sp³-hybridized carbons (Fsp3) is 0.500. The maximum Gasteiger partial charge on any atom is 0.227 e. The summed E-state index contributed by atoms with van der Waals surface area (Å²) in [5.41, 5.74) is 0.698. The number of nitrogens with one attached hydrogen (secondary N) is 1. The van der Waals surface area contributed by atoms with Crippen molar-refractivity contribution in [2.24, 2.45) is 11.8 Å². The van der Waals surface area contributed by atoms with Crippen LogP contribution in [0.25, 0.3) is 0 Å². The van der Waals surface area contributed by atoms with Gasteiger partial charge in [0.05, 0.1) is 12.3 Å². The van der Waals surface area contributed by atoms with Crippen LogP contribution >= 0.6 is 0 Å². The van der Waals surface area contributed by atoms with Gasteiger partial charge in [0.15, 0.2) is 0 Å². The van der Waals surface area contributed by atoms with Crippen molar-refractivity contribution in [3.63, 3.8) is 0 Å². The first-order chi connectivity index (χ1) is 9.61. The van der Waals surface area contributed by atoms with Crippen LogP contribution in [0.2, 0.25) is 0 Å². The molecule has 4 heteroatoms. The Morgan fingerprint density at radius 2 is 2.15 bits per heavy atom. The second-order valence-corrected chi connectivity index (χ2v) is 5.28. The lowest BCUT2D eigenvalue weighted by Gasteiger charge is -2.27. The van der Waals surface area contributed by atoms with Crippen molar-refractivity contribution in [1.82, 2.24) is 0 Å². The molecule has 1 saturated carbocycles. The molecule has 2 unspecified atom stereocenters. The molecule has 1 aliphatic rings. The van der Waals surface area contributed by atoms with E-state index in [-0.39, 0.29) is 23.5 Å². The van der Waals surface area contributed by atoms with Gasteiger partial charge < -0.3 is 10.1 Å². The van der Waals surface area contributed by atoms with Crippen LogP contribution in [0.4, 0.5) is 5.69 Å². The predicted octanol–water partition coefficient (Wildman–Crippen LogP) is 3.03. The summed E-state index contributed by atoms with van der Waals surface area (Å²) >= 11 is 0. The Hall–Kier alpha value is -1.84. The minimum Gasteiger partial charge on any atom is -0.492 e. The largest absolute Gasteiger partial charge is 0.492 e. The van der Waals surface area contributed by atoms with E-state index in [2.05, 4.69) is 5.32 Å². The molecule has 1 N–H and O–H groups in total. The SMILES string of the molecule is CCOc1ccccc1NC(=O)C1CCC(=O)CC1C. The molecule has 0 radical (unpaired) electrons. The molecule has 1 fully saturated rings. The average Bonchev–Trinajstić information content (AvgIpc) is 2.41. The molecule has 1 aliphatic carbocycles. The van der Waals surface area contributed by atoms with E-state index in [0.29, 0.717) is 37.3 Å². The standard InChI is InChI=1S/C16H21NO3/c1-3-20-15-7-5-4-6-14(15)17-16(19)13-9-8-12(18)10-11(13)2/h4-7,11,13H,3,8-10H2,1-2H3,(H,17,19). The topological polar surface area (TPSA) is 55.4 Å². The van der Waals surface area contributed by atoms with Crippen LogP contribution in [0.3, 0.4) is 0 Å². The first-order valence-corrected chi connectivity index (χ1v) is 7.16. The highest BCUT2D eigenvalue weighted by atomic mass is 16.5. The highest BCUT2D eigenvalue weighted by molar-refractivity contribution is 5.95. The molecule has 20 heavy (non-hydrogen) atoms. The third-order valence-electron chi connectivity index (χ3n) is 3.75. The van der Waals surface area contributed by atoms with E-state index in [1.54, 1.807) is 0 Å². The summed E-state index contributed by atoms with van der Waals surface area (Å²) in [6.45, 7) is 4.43. The van der Waals surface area contributed by atoms with Crippen molar-refractivity contribution < 1.29 is 14.3 Å². The molecular weight excluding hydrogens is 254 g/mol. The van der Waals surface area contributed by atoms with E-state index >= 15 is 0 Å². The van der Waals surface area contributed by atoms with Gasteiger partial charge in [-0.1, -0.05) is 19.1 Å². The van der Waals surface area contributed by atoms with Gasteiger partial charge in [0.25, 0.3) is 0 Å². The number of ketones is 1. The van der Waals surface area contributed by atoms with Crippen molar-refractivity contribution >= 4 is 17.4 Å². The Kier molecular flexibility index (Phi) is 4.77. The highest BCUT2D eigenvalue weighted by Crippen LogP contribution is 2.30. The number of hydrogen-bond donors (Lipinski definition) is 1. The number of carbonyl (C=O) groups is 2. The summed E-state index contributed by atoms with van der Waals surface area (Å²) < 4.78 is 5.50. The van der Waals surface area contributed by atoms with Gasteiger partial charge >= 0.3 is 0 Å². The summed E-state index contributed by atoms with van der Waals surface area (Å²) in [5, 5.41) is 2.94. The molecule has 1 amide bonds. The van der Waals surface area contributed by atoms with Crippen molar-refractivity contribution in [3.05, 3.63) is 24.3 Å². The van der Waals surface area contributed by atoms with Gasteiger partial charge in [-0.15, -0.1) is 0 Å². The van der Waals surface area contributed by atoms with E-state index in [1.165, 1.54) is 0 Å². The number of carbonyl (C=O) groups excluding carboxylic acids is 2. The minimum absolute atomic E-state index is 0.0165. The van der Waals surface area contributed by atoms with Gasteiger partial charge in [-0.3, -0.25) is 9.59 Å². The molecule has 0 aliphatic heterocycles. The lowest BCUT2D eigenvalue weighted by molar-refractivity contribution is -0.127. The van der Waals surface area contributed by atoms with Crippen LogP contribution in [0.15, 0.2) is 24.3 Å². The second kappa shape index (κ2) is 6.55. The number of Topliss-reactive ketones (excluding diaryl/α,β-unsaturated/α-hetero) is 1. The average molecular weight is 275 g/mol. The summed E-state index contributed by atoms with van der Waals surface area (Å²) in [6.07, 6.45) is 1.66. The summed E-state index contributed by atoms with van der Waals surface area (Å²) in [6, 6.07) is 7.42. The Bertz CT molecular complexity index is 498. The number of rotatable bonds is 4. The summed E-state index contributed by atoms with van der Waals surface area (Å²) in [7, 11) is 0. The van der Waals surface area contributed by atoms with Crippen LogP contribution in [-0.2, 0) is 9.59 Å². The van der Waals surface area contributed by atoms with Crippen LogP contribution in [-0.4, -0.2) is 18.3 Å². The smallest absolute Gasteiger partial charge is 0.227 e. The number of para-hydroxylation sites is 2. The maximum atomic E-state index is 12.4. The van der Waals surface area contributed by atoms with Gasteiger partial charge in [-0.05, 0) is 31.4 Å². The summed E-state index contributed by atoms with van der Waals surface area (Å²) in [5.74, 6) is 0.939. The predicted molar refractivity (Wildman–Crippen MR) is 77.8 cm³/mol. The van der Waals surface area contributed by atoms with Gasteiger partial charge in [-0.2, -0.15) is 0 Å². The number of amides is 1. The number of hydrogen-bond acceptors (Lipinski definition) is 3. The molecule has 0 bridgehead atoms. The maximum absolute atomic E-state index is 12.4. The molecule has 2 rings (SSSR count). The normalized spacial score (nSPS) is 22.4. The minimum atomic E-state index is -0.0950. The number of benzene rings is 1. The van der Waals surface area contributed by atoms with Crippen molar-refractivity contribution in [1.29, 1.82) is 0 Å². The lowest BCUT2D eigenvalue weighted by Crippen LogP contribution is -2.33. The molecule has 2 atom stereocenters. The van der Waals surface area contributed by atoms with Crippen molar-refractivity contribution in [2.45, 2.75) is 33.1 Å². The second-order valence-electron chi connectivity index (χ2n) is 5.28. The van der Waals surface area contributed by atoms with Gasteiger partial charge in [-0.25, -0.2) is 0 Å². The van der Waals surface area contributed by atoms with Crippen molar-refractivity contribution in [2.75, 3.05) is 11.9 Å². The zero-order valence-electron chi connectivity index (χ0n) is 12.0. The first-order valence-electron chi connectivity index (χ1n) is 7.16.